The number of nitrogens with zero attached hydrogens (tertiary/aromatic N) is 3. The van der Waals surface area contributed by atoms with Crippen molar-refractivity contribution >= 4 is 16.9 Å². The Morgan fingerprint density at radius 1 is 1.29 bits per heavy atom. The number of carbonyl (C=O) groups is 1. The Morgan fingerprint density at radius 3 is 3.05 bits per heavy atom. The molecule has 1 fully saturated rings. The maximum Gasteiger partial charge on any atom is 0.253 e. The molecule has 0 bridgehead atoms. The number of aliphatic hydroxyl groups is 1. The standard InChI is InChI=1S/C15H20N4O2/c20-9-8-18-4-1-5-19(7-6-18)15(21)12-2-3-13-14(10-12)17-11-16-13/h2-3,10-11,20H,1,4-9H2,(H,16,17). The zero-order chi connectivity index (χ0) is 14.7. The van der Waals surface area contributed by atoms with Gasteiger partial charge in [-0.25, -0.2) is 4.98 Å². The number of nitrogens with one attached hydrogen (secondary N) is 1. The molecule has 1 aromatic carbocycles. The van der Waals surface area contributed by atoms with E-state index in [2.05, 4.69) is 14.9 Å². The van der Waals surface area contributed by atoms with Crippen LogP contribution in [-0.4, -0.2) is 70.1 Å². The summed E-state index contributed by atoms with van der Waals surface area (Å²) in [4.78, 5) is 23.9. The molecule has 0 unspecified atom stereocenters. The van der Waals surface area contributed by atoms with Gasteiger partial charge in [-0.3, -0.25) is 9.69 Å². The zero-order valence-corrected chi connectivity index (χ0v) is 12.0. The Morgan fingerprint density at radius 2 is 2.19 bits per heavy atom. The van der Waals surface area contributed by atoms with Crippen LogP contribution in [-0.2, 0) is 0 Å². The maximum atomic E-state index is 12.6. The van der Waals surface area contributed by atoms with Gasteiger partial charge in [-0.2, -0.15) is 0 Å². The van der Waals surface area contributed by atoms with Gasteiger partial charge in [0.2, 0.25) is 0 Å². The number of benzene rings is 1. The predicted octanol–water partition coefficient (Wildman–Crippen LogP) is 0.703. The lowest BCUT2D eigenvalue weighted by atomic mass is 10.1. The largest absolute Gasteiger partial charge is 0.395 e. The van der Waals surface area contributed by atoms with Gasteiger partial charge in [0.05, 0.1) is 24.0 Å². The van der Waals surface area contributed by atoms with E-state index >= 15 is 0 Å². The van der Waals surface area contributed by atoms with Crippen molar-refractivity contribution in [2.24, 2.45) is 0 Å². The molecule has 3 rings (SSSR count). The molecular formula is C15H20N4O2. The monoisotopic (exact) mass is 288 g/mol. The van der Waals surface area contributed by atoms with Crippen molar-refractivity contribution < 1.29 is 9.90 Å². The lowest BCUT2D eigenvalue weighted by Crippen LogP contribution is -2.35. The highest BCUT2D eigenvalue weighted by Crippen LogP contribution is 2.14. The van der Waals surface area contributed by atoms with Gasteiger partial charge >= 0.3 is 0 Å². The Labute approximate surface area is 123 Å². The lowest BCUT2D eigenvalue weighted by molar-refractivity contribution is 0.0760. The highest BCUT2D eigenvalue weighted by Gasteiger charge is 2.20. The number of aromatic nitrogens is 2. The van der Waals surface area contributed by atoms with E-state index in [1.165, 1.54) is 0 Å². The number of imidazole rings is 1. The molecule has 2 N–H and O–H groups in total. The van der Waals surface area contributed by atoms with Crippen LogP contribution in [0, 0.1) is 0 Å². The molecule has 1 amide bonds. The molecule has 2 aromatic rings. The highest BCUT2D eigenvalue weighted by molar-refractivity contribution is 5.97. The molecule has 6 nitrogen and oxygen atoms in total. The van der Waals surface area contributed by atoms with Crippen LogP contribution in [0.2, 0.25) is 0 Å². The lowest BCUT2D eigenvalue weighted by Gasteiger charge is -2.21. The van der Waals surface area contributed by atoms with E-state index in [1.54, 1.807) is 6.33 Å². The van der Waals surface area contributed by atoms with Crippen molar-refractivity contribution in [1.29, 1.82) is 0 Å². The zero-order valence-electron chi connectivity index (χ0n) is 12.0. The highest BCUT2D eigenvalue weighted by atomic mass is 16.3. The molecule has 1 saturated heterocycles. The number of hydrogen-bond acceptors (Lipinski definition) is 4. The first-order valence-electron chi connectivity index (χ1n) is 7.33. The summed E-state index contributed by atoms with van der Waals surface area (Å²) in [6.07, 6.45) is 2.58. The molecule has 0 atom stereocenters. The topological polar surface area (TPSA) is 72.5 Å². The first-order chi connectivity index (χ1) is 10.3. The molecule has 0 aliphatic carbocycles. The number of H-pyrrole nitrogens is 1. The van der Waals surface area contributed by atoms with Crippen LogP contribution >= 0.6 is 0 Å². The van der Waals surface area contributed by atoms with E-state index in [0.717, 1.165) is 37.1 Å². The van der Waals surface area contributed by atoms with Crippen molar-refractivity contribution in [3.63, 3.8) is 0 Å². The minimum absolute atomic E-state index is 0.0670. The van der Waals surface area contributed by atoms with Crippen LogP contribution in [0.4, 0.5) is 0 Å². The smallest absolute Gasteiger partial charge is 0.253 e. The number of hydrogen-bond donors (Lipinski definition) is 2. The normalized spacial score (nSPS) is 17.1. The SMILES string of the molecule is O=C(c1ccc2nc[nH]c2c1)N1CCCN(CCO)CC1. The second-order valence-electron chi connectivity index (χ2n) is 5.35. The summed E-state index contributed by atoms with van der Waals surface area (Å²) >= 11 is 0. The van der Waals surface area contributed by atoms with Crippen LogP contribution in [0.3, 0.4) is 0 Å². The minimum atomic E-state index is 0.0670. The summed E-state index contributed by atoms with van der Waals surface area (Å²) in [6.45, 7) is 4.08. The number of aromatic amines is 1. The molecule has 1 aliphatic heterocycles. The number of aliphatic hydroxyl groups excluding tert-OH is 1. The van der Waals surface area contributed by atoms with Crippen molar-refractivity contribution in [2.75, 3.05) is 39.3 Å². The van der Waals surface area contributed by atoms with Gasteiger partial charge in [0.25, 0.3) is 5.91 Å². The third kappa shape index (κ3) is 3.06. The molecular weight excluding hydrogens is 268 g/mol. The number of fused-ring (bicyclic) bond motifs is 1. The van der Waals surface area contributed by atoms with E-state index in [4.69, 9.17) is 5.11 Å². The second-order valence-corrected chi connectivity index (χ2v) is 5.35. The van der Waals surface area contributed by atoms with Gasteiger partial charge in [0.1, 0.15) is 0 Å². The van der Waals surface area contributed by atoms with E-state index < -0.39 is 0 Å². The summed E-state index contributed by atoms with van der Waals surface area (Å²) in [5.74, 6) is 0.0670. The molecule has 2 heterocycles. The van der Waals surface area contributed by atoms with Crippen molar-refractivity contribution in [3.8, 4) is 0 Å². The Bertz CT molecular complexity index is 625. The van der Waals surface area contributed by atoms with Crippen LogP contribution in [0.15, 0.2) is 24.5 Å². The quantitative estimate of drug-likeness (QED) is 0.872. The third-order valence-electron chi connectivity index (χ3n) is 3.96. The third-order valence-corrected chi connectivity index (χ3v) is 3.96. The van der Waals surface area contributed by atoms with E-state index in [1.807, 2.05) is 23.1 Å². The van der Waals surface area contributed by atoms with Crippen molar-refractivity contribution in [3.05, 3.63) is 30.1 Å². The van der Waals surface area contributed by atoms with Crippen molar-refractivity contribution in [2.45, 2.75) is 6.42 Å². The van der Waals surface area contributed by atoms with E-state index in [-0.39, 0.29) is 12.5 Å². The maximum absolute atomic E-state index is 12.6. The van der Waals surface area contributed by atoms with E-state index in [0.29, 0.717) is 18.7 Å². The van der Waals surface area contributed by atoms with Crippen LogP contribution in [0.5, 0.6) is 0 Å². The fourth-order valence-corrected chi connectivity index (χ4v) is 2.79. The average Bonchev–Trinajstić information content (AvgIpc) is 2.85. The first-order valence-corrected chi connectivity index (χ1v) is 7.33. The second kappa shape index (κ2) is 6.24. The molecule has 112 valence electrons. The predicted molar refractivity (Wildman–Crippen MR) is 80.1 cm³/mol. The Kier molecular flexibility index (Phi) is 4.17. The van der Waals surface area contributed by atoms with Crippen molar-refractivity contribution in [1.82, 2.24) is 19.8 Å². The van der Waals surface area contributed by atoms with Gasteiger partial charge in [-0.1, -0.05) is 0 Å². The molecule has 0 saturated carbocycles. The van der Waals surface area contributed by atoms with Gasteiger partial charge in [0.15, 0.2) is 0 Å². The van der Waals surface area contributed by atoms with Crippen LogP contribution in [0.25, 0.3) is 11.0 Å². The molecule has 0 spiro atoms. The van der Waals surface area contributed by atoms with Gasteiger partial charge in [-0.05, 0) is 31.2 Å². The first kappa shape index (κ1) is 14.0. The summed E-state index contributed by atoms with van der Waals surface area (Å²) in [5.41, 5.74) is 2.46. The fraction of sp³-hybridized carbons (Fsp3) is 0.467. The Balaban J connectivity index is 1.72. The van der Waals surface area contributed by atoms with Gasteiger partial charge < -0.3 is 15.0 Å². The molecule has 21 heavy (non-hydrogen) atoms. The molecule has 0 radical (unpaired) electrons. The Hall–Kier alpha value is -1.92. The van der Waals surface area contributed by atoms with E-state index in [9.17, 15) is 4.79 Å². The summed E-state index contributed by atoms with van der Waals surface area (Å²) in [6, 6.07) is 5.57. The van der Waals surface area contributed by atoms with Crippen LogP contribution < -0.4 is 0 Å². The molecule has 6 heteroatoms. The number of amides is 1. The number of carbonyl (C=O) groups excluding carboxylic acids is 1. The summed E-state index contributed by atoms with van der Waals surface area (Å²) in [5, 5.41) is 9.01. The van der Waals surface area contributed by atoms with Crippen LogP contribution in [0.1, 0.15) is 16.8 Å². The number of β-amino-alcohol motifs (C(OH)–C–C–N with tert-alkyl or cyclic N) is 1. The molecule has 1 aliphatic rings. The van der Waals surface area contributed by atoms with Gasteiger partial charge in [-0.15, -0.1) is 0 Å². The number of rotatable bonds is 3. The molecule has 1 aromatic heterocycles. The minimum Gasteiger partial charge on any atom is -0.395 e. The van der Waals surface area contributed by atoms with Gasteiger partial charge in [0, 0.05) is 31.7 Å². The fourth-order valence-electron chi connectivity index (χ4n) is 2.79. The summed E-state index contributed by atoms with van der Waals surface area (Å²) in [7, 11) is 0. The average molecular weight is 288 g/mol. The summed E-state index contributed by atoms with van der Waals surface area (Å²) < 4.78 is 0.